The van der Waals surface area contributed by atoms with Gasteiger partial charge in [0.2, 0.25) is 5.91 Å². The summed E-state index contributed by atoms with van der Waals surface area (Å²) in [6.45, 7) is 7.93. The topological polar surface area (TPSA) is 62.2 Å². The second kappa shape index (κ2) is 8.85. The second-order valence-corrected chi connectivity index (χ2v) is 6.70. The van der Waals surface area contributed by atoms with Gasteiger partial charge in [0.05, 0.1) is 12.2 Å². The van der Waals surface area contributed by atoms with Crippen molar-refractivity contribution in [3.05, 3.63) is 42.7 Å². The Labute approximate surface area is 155 Å². The number of likely N-dealkylation sites (tertiary alicyclic amines) is 1. The van der Waals surface area contributed by atoms with Gasteiger partial charge in [0, 0.05) is 49.7 Å². The molecular weight excluding hydrogens is 326 g/mol. The van der Waals surface area contributed by atoms with Crippen molar-refractivity contribution in [3.8, 4) is 11.1 Å². The van der Waals surface area contributed by atoms with E-state index in [2.05, 4.69) is 19.9 Å². The van der Waals surface area contributed by atoms with E-state index < -0.39 is 0 Å². The lowest BCUT2D eigenvalue weighted by atomic mass is 9.90. The molecule has 1 aliphatic heterocycles. The van der Waals surface area contributed by atoms with Crippen molar-refractivity contribution in [2.45, 2.75) is 32.6 Å². The maximum absolute atomic E-state index is 12.5. The summed E-state index contributed by atoms with van der Waals surface area (Å²) in [6, 6.07) is 3.99. The van der Waals surface area contributed by atoms with E-state index in [9.17, 15) is 4.79 Å². The summed E-state index contributed by atoms with van der Waals surface area (Å²) in [5.41, 5.74) is 3.23. The van der Waals surface area contributed by atoms with Gasteiger partial charge in [-0.25, -0.2) is 9.97 Å². The van der Waals surface area contributed by atoms with Gasteiger partial charge in [0.1, 0.15) is 6.33 Å². The zero-order chi connectivity index (χ0) is 18.4. The first-order chi connectivity index (χ1) is 12.7. The number of aromatic nitrogens is 3. The third-order valence-electron chi connectivity index (χ3n) is 5.10. The summed E-state index contributed by atoms with van der Waals surface area (Å²) in [5, 5.41) is 0. The average molecular weight is 353 g/mol. The molecule has 3 heterocycles. The van der Waals surface area contributed by atoms with Crippen molar-refractivity contribution in [3.63, 3.8) is 0 Å². The molecule has 1 saturated heterocycles. The van der Waals surface area contributed by atoms with Crippen LogP contribution in [-0.2, 0) is 4.79 Å². The standard InChI is InChI=1S/C20H27N5O/c1-3-25(4-2)19(26)14-24-11-5-6-17(13-24)20-18(12-22-15-23-20)16-7-9-21-10-8-16/h7-10,12,15,17H,3-6,11,13-14H2,1-2H3/t17-/m1/s1. The third kappa shape index (κ3) is 4.25. The minimum Gasteiger partial charge on any atom is -0.342 e. The molecule has 0 bridgehead atoms. The van der Waals surface area contributed by atoms with Crippen molar-refractivity contribution in [2.24, 2.45) is 0 Å². The monoisotopic (exact) mass is 353 g/mol. The van der Waals surface area contributed by atoms with E-state index >= 15 is 0 Å². The van der Waals surface area contributed by atoms with Crippen LogP contribution in [0.4, 0.5) is 0 Å². The number of hydrogen-bond donors (Lipinski definition) is 0. The Balaban J connectivity index is 1.75. The number of nitrogens with zero attached hydrogens (tertiary/aromatic N) is 5. The fourth-order valence-electron chi connectivity index (χ4n) is 3.71. The number of rotatable bonds is 6. The molecule has 6 heteroatoms. The van der Waals surface area contributed by atoms with Gasteiger partial charge in [-0.05, 0) is 50.9 Å². The van der Waals surface area contributed by atoms with Gasteiger partial charge in [-0.15, -0.1) is 0 Å². The van der Waals surface area contributed by atoms with E-state index in [-0.39, 0.29) is 5.91 Å². The average Bonchev–Trinajstić information content (AvgIpc) is 2.70. The first-order valence-electron chi connectivity index (χ1n) is 9.43. The Bertz CT molecular complexity index is 717. The summed E-state index contributed by atoms with van der Waals surface area (Å²) in [5.74, 6) is 0.534. The first kappa shape index (κ1) is 18.5. The lowest BCUT2D eigenvalue weighted by Gasteiger charge is -2.33. The third-order valence-corrected chi connectivity index (χ3v) is 5.10. The molecule has 0 saturated carbocycles. The molecular formula is C20H27N5O. The highest BCUT2D eigenvalue weighted by Gasteiger charge is 2.26. The summed E-state index contributed by atoms with van der Waals surface area (Å²) >= 11 is 0. The van der Waals surface area contributed by atoms with Gasteiger partial charge in [0.15, 0.2) is 0 Å². The maximum Gasteiger partial charge on any atom is 0.236 e. The Morgan fingerprint density at radius 1 is 1.23 bits per heavy atom. The maximum atomic E-state index is 12.5. The second-order valence-electron chi connectivity index (χ2n) is 6.70. The molecule has 1 aliphatic rings. The summed E-state index contributed by atoms with van der Waals surface area (Å²) in [6.07, 6.45) is 9.27. The van der Waals surface area contributed by atoms with Crippen LogP contribution in [-0.4, -0.2) is 63.4 Å². The molecule has 2 aromatic heterocycles. The molecule has 1 fully saturated rings. The number of hydrogen-bond acceptors (Lipinski definition) is 5. The normalized spacial score (nSPS) is 17.8. The largest absolute Gasteiger partial charge is 0.342 e. The van der Waals surface area contributed by atoms with Crippen molar-refractivity contribution >= 4 is 5.91 Å². The zero-order valence-corrected chi connectivity index (χ0v) is 15.6. The minimum absolute atomic E-state index is 0.215. The molecule has 26 heavy (non-hydrogen) atoms. The SMILES string of the molecule is CCN(CC)C(=O)CN1CCC[C@@H](c2ncncc2-c2ccncc2)C1. The van der Waals surface area contributed by atoms with Crippen molar-refractivity contribution < 1.29 is 4.79 Å². The van der Waals surface area contributed by atoms with Crippen LogP contribution in [0.1, 0.15) is 38.3 Å². The van der Waals surface area contributed by atoms with Crippen LogP contribution in [0.3, 0.4) is 0 Å². The van der Waals surface area contributed by atoms with Crippen LogP contribution >= 0.6 is 0 Å². The Morgan fingerprint density at radius 2 is 2.00 bits per heavy atom. The highest BCUT2D eigenvalue weighted by atomic mass is 16.2. The van der Waals surface area contributed by atoms with Crippen molar-refractivity contribution in [2.75, 3.05) is 32.7 Å². The molecule has 0 aliphatic carbocycles. The summed E-state index contributed by atoms with van der Waals surface area (Å²) < 4.78 is 0. The van der Waals surface area contributed by atoms with E-state index in [0.717, 1.165) is 55.8 Å². The molecule has 1 amide bonds. The summed E-state index contributed by atoms with van der Waals surface area (Å²) in [4.78, 5) is 29.6. The molecule has 0 aromatic carbocycles. The van der Waals surface area contributed by atoms with Crippen LogP contribution in [0.15, 0.2) is 37.1 Å². The highest BCUT2D eigenvalue weighted by Crippen LogP contribution is 2.32. The van der Waals surface area contributed by atoms with Crippen LogP contribution < -0.4 is 0 Å². The fourth-order valence-corrected chi connectivity index (χ4v) is 3.71. The lowest BCUT2D eigenvalue weighted by Crippen LogP contribution is -2.43. The lowest BCUT2D eigenvalue weighted by molar-refractivity contribution is -0.132. The summed E-state index contributed by atoms with van der Waals surface area (Å²) in [7, 11) is 0. The Morgan fingerprint density at radius 3 is 2.73 bits per heavy atom. The van der Waals surface area contributed by atoms with E-state index in [1.54, 1.807) is 18.7 Å². The predicted octanol–water partition coefficient (Wildman–Crippen LogP) is 2.59. The molecule has 3 rings (SSSR count). The quantitative estimate of drug-likeness (QED) is 0.799. The van der Waals surface area contributed by atoms with E-state index in [0.29, 0.717) is 12.5 Å². The number of likely N-dealkylation sites (N-methyl/N-ethyl adjacent to an activating group) is 1. The number of carbonyl (C=O) groups is 1. The van der Waals surface area contributed by atoms with Crippen LogP contribution in [0.25, 0.3) is 11.1 Å². The minimum atomic E-state index is 0.215. The van der Waals surface area contributed by atoms with Gasteiger partial charge in [-0.1, -0.05) is 0 Å². The number of amides is 1. The molecule has 6 nitrogen and oxygen atoms in total. The molecule has 0 unspecified atom stereocenters. The number of carbonyl (C=O) groups excluding carboxylic acids is 1. The molecule has 138 valence electrons. The van der Waals surface area contributed by atoms with Crippen molar-refractivity contribution in [1.82, 2.24) is 24.8 Å². The highest BCUT2D eigenvalue weighted by molar-refractivity contribution is 5.78. The van der Waals surface area contributed by atoms with Gasteiger partial charge in [0.25, 0.3) is 0 Å². The molecule has 1 atom stereocenters. The molecule has 0 N–H and O–H groups in total. The van der Waals surface area contributed by atoms with Gasteiger partial charge in [-0.2, -0.15) is 0 Å². The Hall–Kier alpha value is -2.34. The van der Waals surface area contributed by atoms with Crippen LogP contribution in [0.2, 0.25) is 0 Å². The predicted molar refractivity (Wildman–Crippen MR) is 102 cm³/mol. The Kier molecular flexibility index (Phi) is 6.28. The van der Waals surface area contributed by atoms with E-state index in [1.165, 1.54) is 0 Å². The van der Waals surface area contributed by atoms with Crippen LogP contribution in [0, 0.1) is 0 Å². The number of piperidine rings is 1. The smallest absolute Gasteiger partial charge is 0.236 e. The number of pyridine rings is 1. The van der Waals surface area contributed by atoms with E-state index in [4.69, 9.17) is 0 Å². The molecule has 0 radical (unpaired) electrons. The fraction of sp³-hybridized carbons (Fsp3) is 0.500. The van der Waals surface area contributed by atoms with Crippen LogP contribution in [0.5, 0.6) is 0 Å². The van der Waals surface area contributed by atoms with Gasteiger partial charge < -0.3 is 4.90 Å². The zero-order valence-electron chi connectivity index (χ0n) is 15.6. The van der Waals surface area contributed by atoms with E-state index in [1.807, 2.05) is 37.1 Å². The van der Waals surface area contributed by atoms with Crippen molar-refractivity contribution in [1.29, 1.82) is 0 Å². The molecule has 2 aromatic rings. The van der Waals surface area contributed by atoms with Gasteiger partial charge in [-0.3, -0.25) is 14.7 Å². The first-order valence-corrected chi connectivity index (χ1v) is 9.43. The molecule has 0 spiro atoms. The van der Waals surface area contributed by atoms with Gasteiger partial charge >= 0.3 is 0 Å².